The van der Waals surface area contributed by atoms with Crippen LogP contribution in [0.1, 0.15) is 30.0 Å². The van der Waals surface area contributed by atoms with Gasteiger partial charge in [0, 0.05) is 5.69 Å². The third-order valence-corrected chi connectivity index (χ3v) is 3.80. The van der Waals surface area contributed by atoms with E-state index < -0.39 is 0 Å². The van der Waals surface area contributed by atoms with E-state index in [1.807, 2.05) is 30.3 Å². The summed E-state index contributed by atoms with van der Waals surface area (Å²) in [5.74, 6) is 6.21. The van der Waals surface area contributed by atoms with Crippen LogP contribution in [0.15, 0.2) is 59.6 Å². The van der Waals surface area contributed by atoms with Gasteiger partial charge in [0.05, 0.1) is 6.04 Å². The highest BCUT2D eigenvalue weighted by Crippen LogP contribution is 2.32. The van der Waals surface area contributed by atoms with E-state index in [0.717, 1.165) is 24.9 Å². The molecule has 0 aromatic heterocycles. The molecule has 3 rings (SSSR count). The molecule has 0 heterocycles. The molecule has 1 aliphatic rings. The van der Waals surface area contributed by atoms with Crippen LogP contribution >= 0.6 is 0 Å². The quantitative estimate of drug-likeness (QED) is 0.343. The molecule has 0 spiro atoms. The summed E-state index contributed by atoms with van der Waals surface area (Å²) in [6.45, 7) is 0. The number of hydrogen-bond donors (Lipinski definition) is 3. The van der Waals surface area contributed by atoms with Crippen LogP contribution in [-0.2, 0) is 6.42 Å². The van der Waals surface area contributed by atoms with Gasteiger partial charge in [0.2, 0.25) is 5.96 Å². The zero-order valence-corrected chi connectivity index (χ0v) is 11.9. The molecule has 21 heavy (non-hydrogen) atoms. The highest BCUT2D eigenvalue weighted by Gasteiger charge is 2.19. The van der Waals surface area contributed by atoms with E-state index >= 15 is 0 Å². The molecule has 1 aliphatic carbocycles. The first-order valence-electron chi connectivity index (χ1n) is 7.31. The maximum atomic E-state index is 5.61. The highest BCUT2D eigenvalue weighted by molar-refractivity contribution is 5.93. The van der Waals surface area contributed by atoms with E-state index in [9.17, 15) is 0 Å². The second kappa shape index (κ2) is 6.41. The molecule has 4 N–H and O–H groups in total. The minimum Gasteiger partial charge on any atom is -0.325 e. The molecule has 2 aromatic rings. The van der Waals surface area contributed by atoms with E-state index in [1.165, 1.54) is 11.1 Å². The Bertz CT molecular complexity index is 622. The molecule has 0 bridgehead atoms. The summed E-state index contributed by atoms with van der Waals surface area (Å²) >= 11 is 0. The molecule has 0 aliphatic heterocycles. The van der Waals surface area contributed by atoms with Crippen molar-refractivity contribution in [2.75, 3.05) is 5.32 Å². The number of benzene rings is 2. The van der Waals surface area contributed by atoms with Crippen molar-refractivity contribution in [3.63, 3.8) is 0 Å². The SMILES string of the molecule is NNC(=NC1CCCc2ccccc21)Nc1ccccc1. The largest absolute Gasteiger partial charge is 0.325 e. The zero-order valence-electron chi connectivity index (χ0n) is 11.9. The predicted molar refractivity (Wildman–Crippen MR) is 86.9 cm³/mol. The lowest BCUT2D eigenvalue weighted by Crippen LogP contribution is -2.36. The summed E-state index contributed by atoms with van der Waals surface area (Å²) in [7, 11) is 0. The van der Waals surface area contributed by atoms with Gasteiger partial charge >= 0.3 is 0 Å². The summed E-state index contributed by atoms with van der Waals surface area (Å²) in [6.07, 6.45) is 3.35. The Morgan fingerprint density at radius 3 is 2.62 bits per heavy atom. The van der Waals surface area contributed by atoms with E-state index in [1.54, 1.807) is 0 Å². The first-order chi connectivity index (χ1) is 10.4. The minimum atomic E-state index is 0.164. The standard InChI is InChI=1S/C17H20N4/c18-21-17(19-14-9-2-1-3-10-14)20-16-12-6-8-13-7-4-5-11-15(13)16/h1-5,7,9-11,16H,6,8,12,18H2,(H2,19,20,21). The smallest absolute Gasteiger partial charge is 0.210 e. The second-order valence-electron chi connectivity index (χ2n) is 5.22. The van der Waals surface area contributed by atoms with E-state index in [-0.39, 0.29) is 6.04 Å². The number of fused-ring (bicyclic) bond motifs is 1. The first-order valence-corrected chi connectivity index (χ1v) is 7.31. The molecule has 4 nitrogen and oxygen atoms in total. The van der Waals surface area contributed by atoms with E-state index in [2.05, 4.69) is 35.0 Å². The van der Waals surface area contributed by atoms with Gasteiger partial charge in [0.25, 0.3) is 0 Å². The maximum absolute atomic E-state index is 5.61. The van der Waals surface area contributed by atoms with Crippen LogP contribution in [0.2, 0.25) is 0 Å². The van der Waals surface area contributed by atoms with Gasteiger partial charge in [-0.05, 0) is 42.5 Å². The van der Waals surface area contributed by atoms with Gasteiger partial charge in [0.15, 0.2) is 0 Å². The van der Waals surface area contributed by atoms with Crippen molar-refractivity contribution < 1.29 is 0 Å². The summed E-state index contributed by atoms with van der Waals surface area (Å²) < 4.78 is 0. The lowest BCUT2D eigenvalue weighted by atomic mass is 9.88. The molecule has 1 atom stereocenters. The van der Waals surface area contributed by atoms with Crippen LogP contribution in [0.5, 0.6) is 0 Å². The molecule has 0 radical (unpaired) electrons. The Hall–Kier alpha value is -2.33. The fourth-order valence-corrected chi connectivity index (χ4v) is 2.78. The normalized spacial score (nSPS) is 18.0. The predicted octanol–water partition coefficient (Wildman–Crippen LogP) is 3.00. The molecule has 0 saturated heterocycles. The average Bonchev–Trinajstić information content (AvgIpc) is 2.55. The molecular formula is C17H20N4. The lowest BCUT2D eigenvalue weighted by Gasteiger charge is -2.23. The average molecular weight is 280 g/mol. The summed E-state index contributed by atoms with van der Waals surface area (Å²) in [6, 6.07) is 18.6. The fourth-order valence-electron chi connectivity index (χ4n) is 2.78. The van der Waals surface area contributed by atoms with Gasteiger partial charge < -0.3 is 5.32 Å². The molecule has 4 heteroatoms. The number of rotatable bonds is 2. The van der Waals surface area contributed by atoms with Crippen LogP contribution in [0, 0.1) is 0 Å². The Labute approximate surface area is 125 Å². The molecule has 108 valence electrons. The number of nitrogens with two attached hydrogens (primary N) is 1. The van der Waals surface area contributed by atoms with Crippen molar-refractivity contribution >= 4 is 11.6 Å². The number of aryl methyl sites for hydroxylation is 1. The van der Waals surface area contributed by atoms with Gasteiger partial charge in [-0.15, -0.1) is 0 Å². The Morgan fingerprint density at radius 1 is 1.05 bits per heavy atom. The first kappa shape index (κ1) is 13.6. The summed E-state index contributed by atoms with van der Waals surface area (Å²) in [5, 5.41) is 3.22. The Morgan fingerprint density at radius 2 is 1.81 bits per heavy atom. The van der Waals surface area contributed by atoms with E-state index in [4.69, 9.17) is 10.8 Å². The number of nitrogens with one attached hydrogen (secondary N) is 2. The van der Waals surface area contributed by atoms with Gasteiger partial charge in [-0.1, -0.05) is 42.5 Å². The van der Waals surface area contributed by atoms with Crippen LogP contribution < -0.4 is 16.6 Å². The van der Waals surface area contributed by atoms with Crippen molar-refractivity contribution in [3.8, 4) is 0 Å². The van der Waals surface area contributed by atoms with Crippen LogP contribution in [0.3, 0.4) is 0 Å². The van der Waals surface area contributed by atoms with Gasteiger partial charge in [0.1, 0.15) is 0 Å². The maximum Gasteiger partial charge on any atom is 0.210 e. The number of hydrogen-bond acceptors (Lipinski definition) is 2. The minimum absolute atomic E-state index is 0.164. The van der Waals surface area contributed by atoms with Crippen LogP contribution in [0.25, 0.3) is 0 Å². The topological polar surface area (TPSA) is 62.4 Å². The Balaban J connectivity index is 1.83. The Kier molecular flexibility index (Phi) is 4.17. The fraction of sp³-hybridized carbons (Fsp3) is 0.235. The van der Waals surface area contributed by atoms with Crippen molar-refractivity contribution in [2.24, 2.45) is 10.8 Å². The molecule has 0 saturated carbocycles. The number of anilines is 1. The van der Waals surface area contributed by atoms with Crippen LogP contribution in [0.4, 0.5) is 5.69 Å². The number of para-hydroxylation sites is 1. The number of hydrazine groups is 1. The zero-order chi connectivity index (χ0) is 14.5. The molecule has 2 aromatic carbocycles. The van der Waals surface area contributed by atoms with Gasteiger partial charge in [-0.25, -0.2) is 10.8 Å². The van der Waals surface area contributed by atoms with E-state index in [0.29, 0.717) is 5.96 Å². The highest BCUT2D eigenvalue weighted by atomic mass is 15.3. The molecular weight excluding hydrogens is 260 g/mol. The molecule has 0 fully saturated rings. The van der Waals surface area contributed by atoms with Crippen molar-refractivity contribution in [2.45, 2.75) is 25.3 Å². The van der Waals surface area contributed by atoms with Gasteiger partial charge in [-0.3, -0.25) is 5.43 Å². The van der Waals surface area contributed by atoms with Crippen molar-refractivity contribution in [1.29, 1.82) is 0 Å². The third-order valence-electron chi connectivity index (χ3n) is 3.80. The van der Waals surface area contributed by atoms with Crippen LogP contribution in [-0.4, -0.2) is 5.96 Å². The number of guanidine groups is 1. The number of nitrogens with zero attached hydrogens (tertiary/aromatic N) is 1. The monoisotopic (exact) mass is 280 g/mol. The van der Waals surface area contributed by atoms with Crippen molar-refractivity contribution in [1.82, 2.24) is 5.43 Å². The summed E-state index contributed by atoms with van der Waals surface area (Å²) in [5.41, 5.74) is 6.35. The second-order valence-corrected chi connectivity index (χ2v) is 5.22. The molecule has 0 amide bonds. The third kappa shape index (κ3) is 3.23. The summed E-state index contributed by atoms with van der Waals surface area (Å²) in [4.78, 5) is 4.76. The van der Waals surface area contributed by atoms with Gasteiger partial charge in [-0.2, -0.15) is 0 Å². The number of aliphatic imine (C=N–C) groups is 1. The molecule has 1 unspecified atom stereocenters. The van der Waals surface area contributed by atoms with Crippen molar-refractivity contribution in [3.05, 3.63) is 65.7 Å². The lowest BCUT2D eigenvalue weighted by molar-refractivity contribution is 0.570.